The minimum Gasteiger partial charge on any atom is -0.374 e. The number of rotatable bonds is 1. The van der Waals surface area contributed by atoms with Gasteiger partial charge >= 0.3 is 0 Å². The van der Waals surface area contributed by atoms with E-state index in [0.717, 1.165) is 11.3 Å². The van der Waals surface area contributed by atoms with Crippen LogP contribution in [0.1, 0.15) is 12.5 Å². The summed E-state index contributed by atoms with van der Waals surface area (Å²) in [5.74, 6) is 0. The Morgan fingerprint density at radius 2 is 2.06 bits per heavy atom. The number of nitrogens with zero attached hydrogens (tertiary/aromatic N) is 2. The Morgan fingerprint density at radius 3 is 2.75 bits per heavy atom. The first kappa shape index (κ1) is 10.7. The Morgan fingerprint density at radius 1 is 1.31 bits per heavy atom. The second kappa shape index (κ2) is 4.00. The van der Waals surface area contributed by atoms with Gasteiger partial charge in [-0.1, -0.05) is 6.07 Å². The van der Waals surface area contributed by atoms with E-state index in [1.165, 1.54) is 0 Å². The van der Waals surface area contributed by atoms with E-state index in [1.54, 1.807) is 10.6 Å². The van der Waals surface area contributed by atoms with Gasteiger partial charge in [-0.3, -0.25) is 9.36 Å². The first-order valence-electron chi connectivity index (χ1n) is 5.39. The number of aryl methyl sites for hydroxylation is 1. The van der Waals surface area contributed by atoms with Crippen LogP contribution in [0.4, 0.5) is 0 Å². The lowest BCUT2D eigenvalue weighted by atomic mass is 10.2. The van der Waals surface area contributed by atoms with Crippen LogP contribution in [-0.4, -0.2) is 22.6 Å². The third kappa shape index (κ3) is 1.94. The van der Waals surface area contributed by atoms with Gasteiger partial charge < -0.3 is 4.90 Å². The molecule has 0 amide bonds. The predicted octanol–water partition coefficient (Wildman–Crippen LogP) is 1.85. The maximum atomic E-state index is 11.7. The molecular formula is C13H16N2O. The molecule has 0 saturated heterocycles. The Bertz CT molecular complexity index is 511. The van der Waals surface area contributed by atoms with Gasteiger partial charge in [0.25, 0.3) is 5.56 Å². The van der Waals surface area contributed by atoms with Crippen LogP contribution in [0.25, 0.3) is 5.70 Å². The highest BCUT2D eigenvalue weighted by molar-refractivity contribution is 5.59. The van der Waals surface area contributed by atoms with E-state index in [-0.39, 0.29) is 5.56 Å². The van der Waals surface area contributed by atoms with E-state index in [0.29, 0.717) is 6.04 Å². The third-order valence-electron chi connectivity index (χ3n) is 2.87. The summed E-state index contributed by atoms with van der Waals surface area (Å²) in [6, 6.07) is 3.75. The molecule has 16 heavy (non-hydrogen) atoms. The second-order valence-corrected chi connectivity index (χ2v) is 4.23. The molecule has 0 bridgehead atoms. The maximum absolute atomic E-state index is 11.7. The number of allylic oxidation sites excluding steroid dienone is 2. The zero-order chi connectivity index (χ0) is 11.7. The highest BCUT2D eigenvalue weighted by Gasteiger charge is 2.10. The summed E-state index contributed by atoms with van der Waals surface area (Å²) >= 11 is 0. The molecule has 1 aromatic heterocycles. The summed E-state index contributed by atoms with van der Waals surface area (Å²) in [5, 5.41) is 0. The van der Waals surface area contributed by atoms with Gasteiger partial charge in [-0.05, 0) is 31.6 Å². The molecule has 0 spiro atoms. The average Bonchev–Trinajstić information content (AvgIpc) is 2.26. The summed E-state index contributed by atoms with van der Waals surface area (Å²) in [6.45, 7) is 4.09. The molecule has 0 fully saturated rings. The Labute approximate surface area is 95.3 Å². The Hall–Kier alpha value is -1.77. The maximum Gasteiger partial charge on any atom is 0.255 e. The molecule has 1 aliphatic heterocycles. The van der Waals surface area contributed by atoms with E-state index in [9.17, 15) is 4.79 Å². The molecule has 2 heterocycles. The van der Waals surface area contributed by atoms with Gasteiger partial charge in [0.15, 0.2) is 0 Å². The molecule has 1 aliphatic rings. The van der Waals surface area contributed by atoms with Crippen LogP contribution in [0.2, 0.25) is 0 Å². The van der Waals surface area contributed by atoms with Crippen molar-refractivity contribution in [3.05, 3.63) is 52.6 Å². The molecule has 1 unspecified atom stereocenters. The molecule has 0 N–H and O–H groups in total. The largest absolute Gasteiger partial charge is 0.374 e. The number of likely N-dealkylation sites (N-methyl/N-ethyl adjacent to an activating group) is 1. The minimum atomic E-state index is 0.0123. The molecule has 0 saturated carbocycles. The monoisotopic (exact) mass is 216 g/mol. The topological polar surface area (TPSA) is 25.2 Å². The highest BCUT2D eigenvalue weighted by atomic mass is 16.1. The molecular weight excluding hydrogens is 200 g/mol. The molecule has 1 aromatic rings. The van der Waals surface area contributed by atoms with Crippen LogP contribution >= 0.6 is 0 Å². The highest BCUT2D eigenvalue weighted by Crippen LogP contribution is 2.14. The van der Waals surface area contributed by atoms with Crippen molar-refractivity contribution >= 4 is 5.70 Å². The van der Waals surface area contributed by atoms with Crippen LogP contribution < -0.4 is 5.56 Å². The van der Waals surface area contributed by atoms with Gasteiger partial charge in [-0.15, -0.1) is 0 Å². The zero-order valence-electron chi connectivity index (χ0n) is 9.84. The zero-order valence-corrected chi connectivity index (χ0v) is 9.84. The number of pyridine rings is 1. The van der Waals surface area contributed by atoms with E-state index < -0.39 is 0 Å². The normalized spacial score (nSPS) is 19.8. The van der Waals surface area contributed by atoms with Crippen molar-refractivity contribution in [3.8, 4) is 0 Å². The molecule has 84 valence electrons. The van der Waals surface area contributed by atoms with Crippen LogP contribution in [0.15, 0.2) is 41.5 Å². The standard InChI is InChI=1S/C13H16N2O/c1-10-4-5-13(16)15(9-10)12-6-7-14(3)11(2)8-12/h4-9,11H,1-3H3. The van der Waals surface area contributed by atoms with Gasteiger partial charge in [0.05, 0.1) is 0 Å². The Kier molecular flexibility index (Phi) is 2.69. The minimum absolute atomic E-state index is 0.0123. The third-order valence-corrected chi connectivity index (χ3v) is 2.87. The van der Waals surface area contributed by atoms with Gasteiger partial charge in [-0.25, -0.2) is 0 Å². The smallest absolute Gasteiger partial charge is 0.255 e. The fraction of sp³-hybridized carbons (Fsp3) is 0.308. The van der Waals surface area contributed by atoms with E-state index in [4.69, 9.17) is 0 Å². The average molecular weight is 216 g/mol. The van der Waals surface area contributed by atoms with Crippen molar-refractivity contribution in [1.29, 1.82) is 0 Å². The lowest BCUT2D eigenvalue weighted by molar-refractivity contribution is 0.403. The van der Waals surface area contributed by atoms with Crippen molar-refractivity contribution < 1.29 is 0 Å². The van der Waals surface area contributed by atoms with Gasteiger partial charge in [-0.2, -0.15) is 0 Å². The van der Waals surface area contributed by atoms with Crippen LogP contribution in [-0.2, 0) is 0 Å². The fourth-order valence-electron chi connectivity index (χ4n) is 1.71. The lowest BCUT2D eigenvalue weighted by Gasteiger charge is -2.25. The molecule has 3 nitrogen and oxygen atoms in total. The van der Waals surface area contributed by atoms with Crippen molar-refractivity contribution in [2.75, 3.05) is 7.05 Å². The molecule has 0 radical (unpaired) electrons. The molecule has 1 atom stereocenters. The SMILES string of the molecule is Cc1ccc(=O)n(C2=CC(C)N(C)C=C2)c1. The molecule has 0 aliphatic carbocycles. The van der Waals surface area contributed by atoms with Gasteiger partial charge in [0.2, 0.25) is 0 Å². The van der Waals surface area contributed by atoms with Crippen molar-refractivity contribution in [1.82, 2.24) is 9.47 Å². The second-order valence-electron chi connectivity index (χ2n) is 4.23. The van der Waals surface area contributed by atoms with Crippen molar-refractivity contribution in [2.24, 2.45) is 0 Å². The van der Waals surface area contributed by atoms with Crippen LogP contribution in [0.5, 0.6) is 0 Å². The fourth-order valence-corrected chi connectivity index (χ4v) is 1.71. The van der Waals surface area contributed by atoms with E-state index in [2.05, 4.69) is 17.9 Å². The van der Waals surface area contributed by atoms with Gasteiger partial charge in [0.1, 0.15) is 0 Å². The summed E-state index contributed by atoms with van der Waals surface area (Å²) in [6.07, 6.45) is 7.91. The summed E-state index contributed by atoms with van der Waals surface area (Å²) in [4.78, 5) is 13.8. The number of hydrogen-bond acceptors (Lipinski definition) is 2. The predicted molar refractivity (Wildman–Crippen MR) is 66.1 cm³/mol. The van der Waals surface area contributed by atoms with Crippen LogP contribution in [0, 0.1) is 6.92 Å². The van der Waals surface area contributed by atoms with Crippen molar-refractivity contribution in [3.63, 3.8) is 0 Å². The number of hydrogen-bond donors (Lipinski definition) is 0. The first-order valence-corrected chi connectivity index (χ1v) is 5.39. The number of aromatic nitrogens is 1. The molecule has 2 rings (SSSR count). The van der Waals surface area contributed by atoms with Gasteiger partial charge in [0, 0.05) is 37.2 Å². The summed E-state index contributed by atoms with van der Waals surface area (Å²) < 4.78 is 1.69. The van der Waals surface area contributed by atoms with E-state index in [1.807, 2.05) is 38.5 Å². The Balaban J connectivity index is 2.46. The lowest BCUT2D eigenvalue weighted by Crippen LogP contribution is -2.27. The molecule has 0 aromatic carbocycles. The summed E-state index contributed by atoms with van der Waals surface area (Å²) in [7, 11) is 2.02. The molecule has 3 heteroatoms. The first-order chi connectivity index (χ1) is 7.58. The van der Waals surface area contributed by atoms with E-state index >= 15 is 0 Å². The quantitative estimate of drug-likeness (QED) is 0.715. The van der Waals surface area contributed by atoms with Crippen LogP contribution in [0.3, 0.4) is 0 Å². The summed E-state index contributed by atoms with van der Waals surface area (Å²) in [5.41, 5.74) is 2.04. The van der Waals surface area contributed by atoms with Crippen molar-refractivity contribution in [2.45, 2.75) is 19.9 Å².